The number of amides is 2. The third kappa shape index (κ3) is 19.8. The molecule has 0 aliphatic heterocycles. The number of fused-ring (bicyclic) bond motifs is 2. The maximum atomic E-state index is 13.1. The van der Waals surface area contributed by atoms with Crippen molar-refractivity contribution in [1.29, 1.82) is 0 Å². The molecule has 77 heavy (non-hydrogen) atoms. The average Bonchev–Trinajstić information content (AvgIpc) is 3.33. The zero-order valence-electron chi connectivity index (χ0n) is 41.1. The van der Waals surface area contributed by atoms with E-state index in [1.807, 2.05) is 0 Å². The molecule has 406 valence electrons. The summed E-state index contributed by atoms with van der Waals surface area (Å²) in [5.74, 6) is -1.80. The molecule has 12 N–H and O–H groups in total. The minimum absolute atomic E-state index is 0. The van der Waals surface area contributed by atoms with Crippen molar-refractivity contribution >= 4 is 102 Å². The number of aryl methyl sites for hydroxylation is 1. The van der Waals surface area contributed by atoms with Gasteiger partial charge in [0.05, 0.1) is 53.9 Å². The Labute approximate surface area is 484 Å². The molecule has 34 heteroatoms. The van der Waals surface area contributed by atoms with Gasteiger partial charge in [0, 0.05) is 54.4 Å². The van der Waals surface area contributed by atoms with Crippen LogP contribution < -0.4 is 85.1 Å². The summed E-state index contributed by atoms with van der Waals surface area (Å²) >= 11 is 0. The van der Waals surface area contributed by atoms with Crippen LogP contribution in [0.2, 0.25) is 0 Å². The number of aliphatic hydroxyl groups is 4. The van der Waals surface area contributed by atoms with E-state index in [9.17, 15) is 62.3 Å². The van der Waals surface area contributed by atoms with Gasteiger partial charge in [-0.05, 0) is 102 Å². The Balaban J connectivity index is 0.00000112. The van der Waals surface area contributed by atoms with Crippen LogP contribution in [0.4, 0.5) is 38.9 Å². The van der Waals surface area contributed by atoms with E-state index in [2.05, 4.69) is 41.7 Å². The van der Waals surface area contributed by atoms with Crippen molar-refractivity contribution in [1.82, 2.24) is 10.6 Å². The number of carbonyl (C=O) groups is 1. The van der Waals surface area contributed by atoms with E-state index < -0.39 is 89.0 Å². The molecule has 0 bridgehead atoms. The first kappa shape index (κ1) is 68.2. The minimum atomic E-state index is -5.31. The summed E-state index contributed by atoms with van der Waals surface area (Å²) in [6, 6.07) is 14.6. The second-order valence-electron chi connectivity index (χ2n) is 15.0. The monoisotopic (exact) mass is 1170 g/mol. The Hall–Kier alpha value is -4.89. The van der Waals surface area contributed by atoms with Gasteiger partial charge in [-0.3, -0.25) is 9.11 Å². The number of carbonyl (C=O) groups excluding carboxylic acids is 1. The maximum absolute atomic E-state index is 13.1. The van der Waals surface area contributed by atoms with Crippen molar-refractivity contribution in [3.05, 3.63) is 90.5 Å². The van der Waals surface area contributed by atoms with Gasteiger partial charge in [0.25, 0.3) is 20.2 Å². The second-order valence-corrected chi connectivity index (χ2v) is 20.5. The first-order chi connectivity index (χ1) is 35.2. The van der Waals surface area contributed by atoms with Crippen LogP contribution in [0.5, 0.6) is 17.2 Å². The van der Waals surface area contributed by atoms with Crippen molar-refractivity contribution < 1.29 is 151 Å². The number of aliphatic hydroxyl groups excluding tert-OH is 4. The number of phenolic OH excluding ortho intramolecular Hbond substituents is 2. The van der Waals surface area contributed by atoms with Gasteiger partial charge in [-0.1, -0.05) is 0 Å². The third-order valence-electron chi connectivity index (χ3n) is 9.72. The molecule has 0 aliphatic rings. The molecule has 6 aromatic rings. The minimum Gasteiger partial charge on any atom is -0.744 e. The van der Waals surface area contributed by atoms with Gasteiger partial charge in [-0.25, -0.2) is 21.6 Å². The molecule has 0 aromatic heterocycles. The van der Waals surface area contributed by atoms with Crippen molar-refractivity contribution in [2.24, 2.45) is 20.5 Å². The van der Waals surface area contributed by atoms with Gasteiger partial charge in [0.15, 0.2) is 11.5 Å². The van der Waals surface area contributed by atoms with Gasteiger partial charge >= 0.3 is 65.1 Å². The molecule has 6 aromatic carbocycles. The molecule has 0 radical (unpaired) electrons. The van der Waals surface area contributed by atoms with Gasteiger partial charge in [0.2, 0.25) is 0 Å². The standard InChI is InChI=1S/C35H28N6O16S4.2C4H11NO2.2Na/c1-17-11-26(27(57-2)16-28(17)59(48,49)50)39-41-32-30(61(54,55)56)15-19-13-22(6-10-25(19)34(32)43)37-35(44)36-21-5-9-24-18(12-21)14-29(60(51,52)53)31(33(24)42)40-38-20-3-7-23(8-4-20)58(45,46)47;2*6-3-1-5-2-4-7;;/h3-16,42-43H,1-2H3,(H2,36,37,44)(H,45,46,47)(H,48,49,50)(H,51,52,53)(H,54,55,56);2*5-7H,1-4H2;;/q;;;2*+1/p-2. The summed E-state index contributed by atoms with van der Waals surface area (Å²) in [6.45, 7) is 4.12. The fraction of sp³-hybridized carbons (Fsp3) is 0.233. The zero-order chi connectivity index (χ0) is 55.9. The summed E-state index contributed by atoms with van der Waals surface area (Å²) in [6.07, 6.45) is 0. The SMILES string of the molecule is COc1cc(S(=O)(=O)[O-])c(C)cc1N=Nc1c(S(=O)(=O)O)cc2cc(NC(=O)Nc3ccc4c(O)c(N=Nc5ccc(S(=O)(=O)O)cc5)c(S(=O)(=O)[O-])cc4c3)ccc2c1O.OCCNCCO.OCCNCCO.[Na+].[Na+]. The number of nitrogens with zero attached hydrogens (tertiary/aromatic N) is 4. The van der Waals surface area contributed by atoms with E-state index in [1.165, 1.54) is 43.3 Å². The summed E-state index contributed by atoms with van der Waals surface area (Å²) in [5.41, 5.74) is -1.68. The van der Waals surface area contributed by atoms with Crippen LogP contribution in [0.3, 0.4) is 0 Å². The molecule has 0 spiro atoms. The number of aromatic hydroxyl groups is 2. The number of methoxy groups -OCH3 is 1. The van der Waals surface area contributed by atoms with Crippen LogP contribution in [-0.4, -0.2) is 148 Å². The van der Waals surface area contributed by atoms with E-state index >= 15 is 0 Å². The Morgan fingerprint density at radius 3 is 1.39 bits per heavy atom. The molecule has 0 saturated carbocycles. The number of hydrogen-bond donors (Lipinski definition) is 12. The van der Waals surface area contributed by atoms with Gasteiger partial charge < -0.3 is 65.7 Å². The van der Waals surface area contributed by atoms with Crippen molar-refractivity contribution in [3.63, 3.8) is 0 Å². The second kappa shape index (κ2) is 30.5. The number of azo groups is 2. The summed E-state index contributed by atoms with van der Waals surface area (Å²) < 4.78 is 143. The molecule has 28 nitrogen and oxygen atoms in total. The zero-order valence-corrected chi connectivity index (χ0v) is 48.4. The number of ether oxygens (including phenoxy) is 1. The number of anilines is 2. The van der Waals surface area contributed by atoms with E-state index in [4.69, 9.17) is 29.7 Å². The number of rotatable bonds is 19. The Morgan fingerprint density at radius 1 is 0.558 bits per heavy atom. The molecule has 0 unspecified atom stereocenters. The van der Waals surface area contributed by atoms with E-state index in [1.54, 1.807) is 0 Å². The molecule has 6 rings (SSSR count). The first-order valence-electron chi connectivity index (χ1n) is 21.2. The molecule has 2 amide bonds. The van der Waals surface area contributed by atoms with Gasteiger partial charge in [-0.2, -0.15) is 21.9 Å². The van der Waals surface area contributed by atoms with E-state index in [0.717, 1.165) is 55.6 Å². The largest absolute Gasteiger partial charge is 1.00 e. The van der Waals surface area contributed by atoms with Gasteiger partial charge in [0.1, 0.15) is 47.9 Å². The Bertz CT molecular complexity index is 3540. The fourth-order valence-electron chi connectivity index (χ4n) is 6.36. The molecule has 0 heterocycles. The predicted octanol–water partition coefficient (Wildman–Crippen LogP) is -2.37. The van der Waals surface area contributed by atoms with Crippen molar-refractivity contribution in [3.8, 4) is 17.2 Å². The number of phenols is 2. The van der Waals surface area contributed by atoms with Crippen LogP contribution >= 0.6 is 0 Å². The molecule has 0 atom stereocenters. The number of hydrogen-bond acceptors (Lipinski definition) is 24. The van der Waals surface area contributed by atoms with Crippen LogP contribution in [0.25, 0.3) is 21.5 Å². The topological polar surface area (TPSA) is 468 Å². The average molecular weight is 1170 g/mol. The maximum Gasteiger partial charge on any atom is 1.00 e. The van der Waals surface area contributed by atoms with Crippen LogP contribution in [-0.2, 0) is 40.5 Å². The molecule has 0 aliphatic carbocycles. The van der Waals surface area contributed by atoms with Crippen molar-refractivity contribution in [2.45, 2.75) is 26.5 Å². The number of urea groups is 1. The normalized spacial score (nSPS) is 11.8. The number of benzene rings is 6. The quantitative estimate of drug-likeness (QED) is 0.0174. The van der Waals surface area contributed by atoms with Crippen molar-refractivity contribution in [2.75, 3.05) is 70.3 Å². The third-order valence-corrected chi connectivity index (χ3v) is 13.3. The number of nitrogens with one attached hydrogen (secondary N) is 4. The smallest absolute Gasteiger partial charge is 0.744 e. The molecular formula is C43H48N8Na2O20S4. The van der Waals surface area contributed by atoms with Crippen LogP contribution in [0, 0.1) is 6.92 Å². The van der Waals surface area contributed by atoms with Crippen LogP contribution in [0.1, 0.15) is 5.56 Å². The predicted molar refractivity (Wildman–Crippen MR) is 266 cm³/mol. The Kier molecular flexibility index (Phi) is 27.0. The molecular weight excluding hydrogens is 1120 g/mol. The first-order valence-corrected chi connectivity index (χ1v) is 26.9. The fourth-order valence-corrected chi connectivity index (χ4v) is 8.85. The van der Waals surface area contributed by atoms with E-state index in [0.29, 0.717) is 26.2 Å². The summed E-state index contributed by atoms with van der Waals surface area (Å²) in [5, 5.41) is 80.1. The van der Waals surface area contributed by atoms with Crippen LogP contribution in [0.15, 0.2) is 125 Å². The molecule has 0 fully saturated rings. The van der Waals surface area contributed by atoms with Gasteiger partial charge in [-0.15, -0.1) is 15.3 Å². The molecule has 0 saturated heterocycles. The summed E-state index contributed by atoms with van der Waals surface area (Å²) in [4.78, 5) is 10.1. The summed E-state index contributed by atoms with van der Waals surface area (Å²) in [7, 11) is -18.7. The van der Waals surface area contributed by atoms with E-state index in [-0.39, 0.29) is 141 Å². The Morgan fingerprint density at radius 2 is 0.987 bits per heavy atom.